The molecule has 0 saturated carbocycles. The molecule has 28 heavy (non-hydrogen) atoms. The van der Waals surface area contributed by atoms with E-state index >= 15 is 0 Å². The van der Waals surface area contributed by atoms with Crippen molar-refractivity contribution < 1.29 is 4.79 Å². The van der Waals surface area contributed by atoms with E-state index in [1.807, 2.05) is 17.2 Å². The molecular weight excluding hydrogens is 352 g/mol. The van der Waals surface area contributed by atoms with Crippen LogP contribution in [0.25, 0.3) is 0 Å². The number of likely N-dealkylation sites (tertiary alicyclic amines) is 1. The van der Waals surface area contributed by atoms with E-state index < -0.39 is 0 Å². The minimum atomic E-state index is 0.106. The van der Waals surface area contributed by atoms with Crippen molar-refractivity contribution in [2.75, 3.05) is 19.6 Å². The Balaban J connectivity index is 1.40. The second-order valence-electron chi connectivity index (χ2n) is 7.67. The number of piperidine rings is 1. The molecule has 4 rings (SSSR count). The minimum absolute atomic E-state index is 0.106. The largest absolute Gasteiger partial charge is 0.339 e. The normalized spacial score (nSPS) is 23.1. The molecule has 2 aliphatic heterocycles. The van der Waals surface area contributed by atoms with Gasteiger partial charge in [0.2, 0.25) is 0 Å². The summed E-state index contributed by atoms with van der Waals surface area (Å²) in [5, 5.41) is 0. The highest BCUT2D eigenvalue weighted by molar-refractivity contribution is 5.94. The summed E-state index contributed by atoms with van der Waals surface area (Å²) in [6.07, 6.45) is 9.21. The zero-order chi connectivity index (χ0) is 19.3. The third-order valence-corrected chi connectivity index (χ3v) is 5.87. The second-order valence-corrected chi connectivity index (χ2v) is 7.67. The third-order valence-electron chi connectivity index (χ3n) is 5.87. The van der Waals surface area contributed by atoms with E-state index in [4.69, 9.17) is 4.98 Å². The molecule has 0 radical (unpaired) electrons. The van der Waals surface area contributed by atoms with Crippen LogP contribution in [0.1, 0.15) is 54.0 Å². The van der Waals surface area contributed by atoms with Crippen LogP contribution in [0, 0.1) is 5.92 Å². The molecule has 2 unspecified atom stereocenters. The summed E-state index contributed by atoms with van der Waals surface area (Å²) in [5.74, 6) is 1.90. The lowest BCUT2D eigenvalue weighted by atomic mass is 9.82. The molecule has 4 heterocycles. The van der Waals surface area contributed by atoms with E-state index in [0.717, 1.165) is 62.4 Å². The number of hydrogen-bond donors (Lipinski definition) is 2. The molecular formula is C21H28N6O. The van der Waals surface area contributed by atoms with Crippen molar-refractivity contribution in [2.24, 2.45) is 5.92 Å². The Morgan fingerprint density at radius 3 is 2.71 bits per heavy atom. The average Bonchev–Trinajstić information content (AvgIpc) is 3.24. The smallest absolute Gasteiger partial charge is 0.253 e. The van der Waals surface area contributed by atoms with Gasteiger partial charge in [-0.2, -0.15) is 0 Å². The molecule has 0 aliphatic carbocycles. The summed E-state index contributed by atoms with van der Waals surface area (Å²) in [6, 6.07) is 5.96. The monoisotopic (exact) mass is 380 g/mol. The highest BCUT2D eigenvalue weighted by Gasteiger charge is 2.37. The Morgan fingerprint density at radius 2 is 1.96 bits per heavy atom. The molecule has 1 amide bonds. The fourth-order valence-corrected chi connectivity index (χ4v) is 4.35. The van der Waals surface area contributed by atoms with Crippen LogP contribution in [0.2, 0.25) is 0 Å². The number of carbonyl (C=O) groups excluding carboxylic acids is 1. The molecule has 2 aromatic heterocycles. The molecule has 0 spiro atoms. The quantitative estimate of drug-likeness (QED) is 0.825. The van der Waals surface area contributed by atoms with Crippen LogP contribution in [0.15, 0.2) is 36.8 Å². The molecule has 2 saturated heterocycles. The third kappa shape index (κ3) is 4.05. The minimum Gasteiger partial charge on any atom is -0.339 e. The summed E-state index contributed by atoms with van der Waals surface area (Å²) >= 11 is 0. The van der Waals surface area contributed by atoms with Crippen LogP contribution in [0.3, 0.4) is 0 Å². The highest BCUT2D eigenvalue weighted by atomic mass is 16.2. The van der Waals surface area contributed by atoms with E-state index in [0.29, 0.717) is 17.9 Å². The predicted molar refractivity (Wildman–Crippen MR) is 107 cm³/mol. The number of aromatic nitrogens is 3. The Labute approximate surface area is 166 Å². The van der Waals surface area contributed by atoms with Crippen LogP contribution < -0.4 is 10.9 Å². The molecule has 2 atom stereocenters. The number of hydrogen-bond acceptors (Lipinski definition) is 6. The maximum absolute atomic E-state index is 12.7. The van der Waals surface area contributed by atoms with Gasteiger partial charge in [0.1, 0.15) is 5.82 Å². The number of amides is 1. The van der Waals surface area contributed by atoms with Crippen molar-refractivity contribution in [3.05, 3.63) is 53.9 Å². The lowest BCUT2D eigenvalue weighted by molar-refractivity contribution is 0.0669. The molecule has 2 aliphatic rings. The summed E-state index contributed by atoms with van der Waals surface area (Å²) in [5.41, 5.74) is 8.65. The van der Waals surface area contributed by atoms with E-state index in [-0.39, 0.29) is 5.91 Å². The Morgan fingerprint density at radius 1 is 1.18 bits per heavy atom. The summed E-state index contributed by atoms with van der Waals surface area (Å²) in [4.78, 5) is 27.8. The highest BCUT2D eigenvalue weighted by Crippen LogP contribution is 2.32. The maximum Gasteiger partial charge on any atom is 0.253 e. The molecule has 0 bridgehead atoms. The van der Waals surface area contributed by atoms with Gasteiger partial charge in [-0.3, -0.25) is 20.6 Å². The lowest BCUT2D eigenvalue weighted by Gasteiger charge is -2.36. The number of nitrogens with one attached hydrogen (secondary N) is 2. The zero-order valence-corrected chi connectivity index (χ0v) is 16.3. The van der Waals surface area contributed by atoms with Crippen LogP contribution in [-0.4, -0.2) is 51.4 Å². The number of rotatable bonds is 5. The van der Waals surface area contributed by atoms with Gasteiger partial charge in [-0.1, -0.05) is 6.92 Å². The van der Waals surface area contributed by atoms with Crippen molar-refractivity contribution in [1.29, 1.82) is 0 Å². The van der Waals surface area contributed by atoms with E-state index in [1.54, 1.807) is 24.5 Å². The van der Waals surface area contributed by atoms with Gasteiger partial charge in [0.05, 0.1) is 5.69 Å². The average molecular weight is 380 g/mol. The fourth-order valence-electron chi connectivity index (χ4n) is 4.35. The number of pyridine rings is 1. The van der Waals surface area contributed by atoms with Gasteiger partial charge >= 0.3 is 0 Å². The van der Waals surface area contributed by atoms with Gasteiger partial charge in [-0.15, -0.1) is 0 Å². The fraction of sp³-hybridized carbons (Fsp3) is 0.524. The van der Waals surface area contributed by atoms with Crippen molar-refractivity contribution in [1.82, 2.24) is 30.7 Å². The first-order valence-electron chi connectivity index (χ1n) is 10.3. The topological polar surface area (TPSA) is 83.0 Å². The number of hydrazine groups is 1. The van der Waals surface area contributed by atoms with Crippen LogP contribution in [-0.2, 0) is 6.42 Å². The van der Waals surface area contributed by atoms with Crippen molar-refractivity contribution in [3.8, 4) is 0 Å². The second kappa shape index (κ2) is 8.75. The number of nitrogens with zero attached hydrogens (tertiary/aromatic N) is 4. The summed E-state index contributed by atoms with van der Waals surface area (Å²) < 4.78 is 0. The Bertz CT molecular complexity index is 790. The standard InChI is InChI=1S/C21H28N6O/c1-2-3-19-23-11-6-18(25-19)17-14-24-26-20(17)15-7-12-27(13-8-15)21(28)16-4-9-22-10-5-16/h4-6,9-11,15,17,20,24,26H,2-3,7-8,12-14H2,1H3. The molecule has 148 valence electrons. The van der Waals surface area contributed by atoms with E-state index in [9.17, 15) is 4.79 Å². The SMILES string of the molecule is CCCc1nccc(C2CNNC2C2CCN(C(=O)c3ccncc3)CC2)n1. The number of carbonyl (C=O) groups is 1. The molecule has 2 aromatic rings. The first kappa shape index (κ1) is 19.0. The maximum atomic E-state index is 12.7. The van der Waals surface area contributed by atoms with Crippen LogP contribution in [0.4, 0.5) is 0 Å². The van der Waals surface area contributed by atoms with Crippen LogP contribution >= 0.6 is 0 Å². The molecule has 0 aromatic carbocycles. The van der Waals surface area contributed by atoms with Gasteiger partial charge in [-0.05, 0) is 43.4 Å². The molecule has 2 N–H and O–H groups in total. The van der Waals surface area contributed by atoms with E-state index in [1.165, 1.54) is 0 Å². The van der Waals surface area contributed by atoms with Crippen molar-refractivity contribution in [2.45, 2.75) is 44.6 Å². The van der Waals surface area contributed by atoms with Gasteiger partial charge in [0, 0.05) is 62.2 Å². The van der Waals surface area contributed by atoms with Crippen LogP contribution in [0.5, 0.6) is 0 Å². The predicted octanol–water partition coefficient (Wildman–Crippen LogP) is 1.94. The van der Waals surface area contributed by atoms with Crippen molar-refractivity contribution >= 4 is 5.91 Å². The first-order valence-corrected chi connectivity index (χ1v) is 10.3. The van der Waals surface area contributed by atoms with Gasteiger partial charge in [0.15, 0.2) is 0 Å². The van der Waals surface area contributed by atoms with E-state index in [2.05, 4.69) is 27.7 Å². The summed E-state index contributed by atoms with van der Waals surface area (Å²) in [7, 11) is 0. The zero-order valence-electron chi connectivity index (χ0n) is 16.3. The lowest BCUT2D eigenvalue weighted by Crippen LogP contribution is -2.45. The summed E-state index contributed by atoms with van der Waals surface area (Å²) in [6.45, 7) is 4.62. The molecule has 7 heteroatoms. The van der Waals surface area contributed by atoms with Gasteiger partial charge in [0.25, 0.3) is 5.91 Å². The number of aryl methyl sites for hydroxylation is 1. The molecule has 7 nitrogen and oxygen atoms in total. The first-order chi connectivity index (χ1) is 13.8. The molecule has 2 fully saturated rings. The van der Waals surface area contributed by atoms with Gasteiger partial charge < -0.3 is 4.90 Å². The Kier molecular flexibility index (Phi) is 5.92. The van der Waals surface area contributed by atoms with Crippen molar-refractivity contribution in [3.63, 3.8) is 0 Å². The Hall–Kier alpha value is -2.38. The van der Waals surface area contributed by atoms with Gasteiger partial charge in [-0.25, -0.2) is 9.97 Å².